The Bertz CT molecular complexity index is 780. The predicted octanol–water partition coefficient (Wildman–Crippen LogP) is 4.91. The van der Waals surface area contributed by atoms with Gasteiger partial charge in [-0.25, -0.2) is 4.79 Å². The van der Waals surface area contributed by atoms with Crippen molar-refractivity contribution in [3.63, 3.8) is 0 Å². The number of rotatable bonds is 2. The van der Waals surface area contributed by atoms with Gasteiger partial charge in [0.05, 0.1) is 16.0 Å². The highest BCUT2D eigenvalue weighted by atomic mass is 32.1. The first-order valence-electron chi connectivity index (χ1n) is 6.21. The van der Waals surface area contributed by atoms with Crippen LogP contribution in [0.4, 0.5) is 0 Å². The van der Waals surface area contributed by atoms with E-state index in [1.54, 1.807) is 22.7 Å². The molecule has 0 spiro atoms. The van der Waals surface area contributed by atoms with Gasteiger partial charge in [0.1, 0.15) is 4.88 Å². The van der Waals surface area contributed by atoms with E-state index in [4.69, 9.17) is 4.74 Å². The van der Waals surface area contributed by atoms with Crippen molar-refractivity contribution in [1.82, 2.24) is 0 Å². The van der Waals surface area contributed by atoms with E-state index in [-0.39, 0.29) is 5.97 Å². The minimum atomic E-state index is -0.199. The van der Waals surface area contributed by atoms with E-state index in [0.717, 1.165) is 10.4 Å². The fraction of sp³-hybridized carbons (Fsp3) is 0.267. The number of carbonyl (C=O) groups is 1. The molecule has 0 aliphatic carbocycles. The van der Waals surface area contributed by atoms with E-state index in [0.29, 0.717) is 6.61 Å². The largest absolute Gasteiger partial charge is 0.462 e. The van der Waals surface area contributed by atoms with Crippen molar-refractivity contribution < 1.29 is 9.53 Å². The molecule has 0 atom stereocenters. The van der Waals surface area contributed by atoms with Crippen molar-refractivity contribution in [2.75, 3.05) is 6.61 Å². The summed E-state index contributed by atoms with van der Waals surface area (Å²) in [6.45, 7) is 6.38. The molecule has 0 saturated heterocycles. The second-order valence-corrected chi connectivity index (χ2v) is 6.56. The van der Waals surface area contributed by atoms with Gasteiger partial charge >= 0.3 is 5.97 Å². The van der Waals surface area contributed by atoms with E-state index in [9.17, 15) is 4.79 Å². The Morgan fingerprint density at radius 3 is 2.74 bits per heavy atom. The molecule has 3 aromatic rings. The fourth-order valence-electron chi connectivity index (χ4n) is 2.30. The number of carbonyl (C=O) groups excluding carboxylic acids is 1. The number of hydrogen-bond acceptors (Lipinski definition) is 4. The van der Waals surface area contributed by atoms with Crippen LogP contribution in [0.15, 0.2) is 18.2 Å². The van der Waals surface area contributed by atoms with Gasteiger partial charge in [-0.3, -0.25) is 0 Å². The zero-order chi connectivity index (χ0) is 13.6. The second-order valence-electron chi connectivity index (χ2n) is 4.49. The number of benzene rings is 1. The van der Waals surface area contributed by atoms with Gasteiger partial charge in [-0.15, -0.1) is 22.7 Å². The minimum absolute atomic E-state index is 0.199. The summed E-state index contributed by atoms with van der Waals surface area (Å²) in [6, 6.07) is 6.34. The van der Waals surface area contributed by atoms with Gasteiger partial charge in [-0.05, 0) is 38.0 Å². The molecular weight excluding hydrogens is 276 g/mol. The van der Waals surface area contributed by atoms with Gasteiger partial charge in [0.2, 0.25) is 0 Å². The smallest absolute Gasteiger partial charge is 0.348 e. The van der Waals surface area contributed by atoms with Crippen molar-refractivity contribution in [2.45, 2.75) is 20.8 Å². The summed E-state index contributed by atoms with van der Waals surface area (Å²) in [7, 11) is 0. The average Bonchev–Trinajstić information content (AvgIpc) is 2.88. The van der Waals surface area contributed by atoms with Crippen LogP contribution in [0.5, 0.6) is 0 Å². The lowest BCUT2D eigenvalue weighted by Crippen LogP contribution is -2.03. The summed E-state index contributed by atoms with van der Waals surface area (Å²) in [6.07, 6.45) is 0. The highest BCUT2D eigenvalue weighted by molar-refractivity contribution is 7.33. The molecular formula is C15H14O2S2. The van der Waals surface area contributed by atoms with E-state index >= 15 is 0 Å². The van der Waals surface area contributed by atoms with Gasteiger partial charge in [-0.1, -0.05) is 12.1 Å². The number of fused-ring (bicyclic) bond motifs is 3. The number of thiophene rings is 2. The first-order valence-corrected chi connectivity index (χ1v) is 7.85. The summed E-state index contributed by atoms with van der Waals surface area (Å²) in [5.74, 6) is -0.199. The number of aryl methyl sites for hydroxylation is 2. The van der Waals surface area contributed by atoms with Crippen LogP contribution in [0.2, 0.25) is 0 Å². The van der Waals surface area contributed by atoms with Crippen molar-refractivity contribution in [3.05, 3.63) is 34.2 Å². The van der Waals surface area contributed by atoms with Crippen molar-refractivity contribution >= 4 is 48.1 Å². The van der Waals surface area contributed by atoms with Gasteiger partial charge < -0.3 is 4.74 Å². The number of esters is 1. The molecule has 0 bridgehead atoms. The molecule has 2 aromatic heterocycles. The molecule has 0 unspecified atom stereocenters. The molecule has 3 rings (SSSR count). The Labute approximate surface area is 119 Å². The summed E-state index contributed by atoms with van der Waals surface area (Å²) in [4.78, 5) is 12.7. The maximum absolute atomic E-state index is 11.9. The monoisotopic (exact) mass is 290 g/mol. The van der Waals surface area contributed by atoms with Crippen LogP contribution in [0.25, 0.3) is 19.5 Å². The van der Waals surface area contributed by atoms with Crippen LogP contribution in [0, 0.1) is 13.8 Å². The molecule has 2 heterocycles. The van der Waals surface area contributed by atoms with Crippen molar-refractivity contribution in [1.29, 1.82) is 0 Å². The SMILES string of the molecule is CCOC(=O)c1sc2c(sc3cccc(C)c32)c1C. The first kappa shape index (κ1) is 12.6. The summed E-state index contributed by atoms with van der Waals surface area (Å²) in [5.41, 5.74) is 2.32. The van der Waals surface area contributed by atoms with Gasteiger partial charge in [0.15, 0.2) is 0 Å². The molecule has 0 saturated carbocycles. The molecule has 0 aliphatic rings. The highest BCUT2D eigenvalue weighted by Gasteiger charge is 2.20. The predicted molar refractivity (Wildman–Crippen MR) is 82.6 cm³/mol. The van der Waals surface area contributed by atoms with Crippen LogP contribution in [-0.4, -0.2) is 12.6 Å². The third kappa shape index (κ3) is 1.86. The van der Waals surface area contributed by atoms with Crippen LogP contribution in [-0.2, 0) is 4.74 Å². The molecule has 4 heteroatoms. The standard InChI is InChI=1S/C15H14O2S2/c1-4-17-15(16)13-9(3)12-14(19-13)11-8(2)6-5-7-10(11)18-12/h5-7H,4H2,1-3H3. The fourth-order valence-corrected chi connectivity index (χ4v) is 5.09. The molecule has 0 radical (unpaired) electrons. The third-order valence-electron chi connectivity index (χ3n) is 3.23. The summed E-state index contributed by atoms with van der Waals surface area (Å²) in [5, 5.41) is 1.28. The van der Waals surface area contributed by atoms with E-state index in [1.165, 1.54) is 25.0 Å². The van der Waals surface area contributed by atoms with Crippen LogP contribution >= 0.6 is 22.7 Å². The van der Waals surface area contributed by atoms with Gasteiger partial charge in [0.25, 0.3) is 0 Å². The van der Waals surface area contributed by atoms with Crippen LogP contribution in [0.3, 0.4) is 0 Å². The molecule has 2 nitrogen and oxygen atoms in total. The lowest BCUT2D eigenvalue weighted by Gasteiger charge is -1.99. The highest BCUT2D eigenvalue weighted by Crippen LogP contribution is 2.43. The van der Waals surface area contributed by atoms with E-state index < -0.39 is 0 Å². The molecule has 19 heavy (non-hydrogen) atoms. The second kappa shape index (κ2) is 4.62. The van der Waals surface area contributed by atoms with Gasteiger partial charge in [0, 0.05) is 10.1 Å². The molecule has 0 amide bonds. The molecule has 0 aliphatic heterocycles. The van der Waals surface area contributed by atoms with Gasteiger partial charge in [-0.2, -0.15) is 0 Å². The Hall–Kier alpha value is -1.39. The lowest BCUT2D eigenvalue weighted by atomic mass is 10.1. The van der Waals surface area contributed by atoms with E-state index in [2.05, 4.69) is 25.1 Å². The Kier molecular flexibility index (Phi) is 3.07. The van der Waals surface area contributed by atoms with Crippen molar-refractivity contribution in [3.8, 4) is 0 Å². The third-order valence-corrected chi connectivity index (χ3v) is 5.92. The number of hydrogen-bond donors (Lipinski definition) is 0. The normalized spacial score (nSPS) is 11.3. The maximum Gasteiger partial charge on any atom is 0.348 e. The minimum Gasteiger partial charge on any atom is -0.462 e. The Balaban J connectivity index is 2.30. The maximum atomic E-state index is 11.9. The average molecular weight is 290 g/mol. The van der Waals surface area contributed by atoms with Crippen LogP contribution < -0.4 is 0 Å². The summed E-state index contributed by atoms with van der Waals surface area (Å²) >= 11 is 3.32. The molecule has 0 fully saturated rings. The van der Waals surface area contributed by atoms with Crippen LogP contribution in [0.1, 0.15) is 27.7 Å². The molecule has 1 aromatic carbocycles. The van der Waals surface area contributed by atoms with Crippen molar-refractivity contribution in [2.24, 2.45) is 0 Å². The Morgan fingerprint density at radius 2 is 2.00 bits per heavy atom. The lowest BCUT2D eigenvalue weighted by molar-refractivity contribution is 0.0531. The quantitative estimate of drug-likeness (QED) is 0.627. The molecule has 98 valence electrons. The van der Waals surface area contributed by atoms with E-state index in [1.807, 2.05) is 13.8 Å². The molecule has 0 N–H and O–H groups in total. The zero-order valence-electron chi connectivity index (χ0n) is 11.1. The first-order chi connectivity index (χ1) is 9.13. The topological polar surface area (TPSA) is 26.3 Å². The zero-order valence-corrected chi connectivity index (χ0v) is 12.7. The Morgan fingerprint density at radius 1 is 1.21 bits per heavy atom. The summed E-state index contributed by atoms with van der Waals surface area (Å²) < 4.78 is 8.86. The number of ether oxygens (including phenoxy) is 1.